The molecule has 13 nitrogen and oxygen atoms in total. The maximum Gasteiger partial charge on any atom is 0.306 e. The van der Waals surface area contributed by atoms with Crippen molar-refractivity contribution >= 4 is 25.5 Å². The molecule has 0 aromatic rings. The number of aliphatic hydroxyl groups is 3. The number of aliphatic hydroxyl groups excluding tert-OH is 3. The molecule has 1 aliphatic rings. The van der Waals surface area contributed by atoms with Gasteiger partial charge in [-0.2, -0.15) is 0 Å². The Kier molecular flexibility index (Phi) is 30.7. The lowest BCUT2D eigenvalue weighted by atomic mass is 9.87. The molecular formula is C46H80NO12P. The highest BCUT2D eigenvalue weighted by molar-refractivity contribution is 7.45. The van der Waals surface area contributed by atoms with Crippen LogP contribution in [0, 0.1) is 11.8 Å². The molecule has 0 spiro atoms. The molecular weight excluding hydrogens is 789 g/mol. The minimum absolute atomic E-state index is 0.0619. The number of ether oxygens (including phenoxy) is 2. The Balaban J connectivity index is 2.57. The van der Waals surface area contributed by atoms with Crippen molar-refractivity contribution in [1.82, 2.24) is 0 Å². The summed E-state index contributed by atoms with van der Waals surface area (Å²) in [5.41, 5.74) is 0. The summed E-state index contributed by atoms with van der Waals surface area (Å²) in [4.78, 5) is 50.6. The lowest BCUT2D eigenvalue weighted by molar-refractivity contribution is -0.870. The maximum absolute atomic E-state index is 12.9. The van der Waals surface area contributed by atoms with E-state index in [-0.39, 0.29) is 44.5 Å². The number of hydrogen-bond acceptors (Lipinski definition) is 12. The SMILES string of the molecule is CCCCC/C=C\C/C=C\C/C=C\CCCCC(=O)OC[C@H](COP(=O)([O-])OCC[N+](C)(C)C)OC(=O)CCCCC(=O)C[C@@H]1[C@@H](/C=C/[C@@H](O)CCCCC)[C@H](O)C[C@@H]1O. The average Bonchev–Trinajstić information content (AvgIpc) is 3.44. The Bertz CT molecular complexity index is 1340. The van der Waals surface area contributed by atoms with Gasteiger partial charge in [0.1, 0.15) is 25.5 Å². The van der Waals surface area contributed by atoms with Crippen LogP contribution >= 0.6 is 7.82 Å². The number of carbonyl (C=O) groups excluding carboxylic acids is 3. The number of likely N-dealkylation sites (N-methyl/N-ethyl adjacent to an activating group) is 1. The van der Waals surface area contributed by atoms with Crippen LogP contribution in [0.2, 0.25) is 0 Å². The number of carbonyl (C=O) groups is 3. The van der Waals surface area contributed by atoms with Crippen molar-refractivity contribution in [2.45, 2.75) is 167 Å². The highest BCUT2D eigenvalue weighted by atomic mass is 31.2. The molecule has 1 unspecified atom stereocenters. The summed E-state index contributed by atoms with van der Waals surface area (Å²) in [6.45, 7) is 3.59. The van der Waals surface area contributed by atoms with Crippen LogP contribution in [0.15, 0.2) is 48.6 Å². The summed E-state index contributed by atoms with van der Waals surface area (Å²) in [7, 11) is 0.909. The van der Waals surface area contributed by atoms with Gasteiger partial charge in [0.25, 0.3) is 7.82 Å². The topological polar surface area (TPSA) is 189 Å². The summed E-state index contributed by atoms with van der Waals surface area (Å²) >= 11 is 0. The first-order valence-electron chi connectivity index (χ1n) is 22.5. The summed E-state index contributed by atoms with van der Waals surface area (Å²) < 4.78 is 33.7. The Labute approximate surface area is 361 Å². The Morgan fingerprint density at radius 2 is 1.35 bits per heavy atom. The van der Waals surface area contributed by atoms with E-state index in [9.17, 15) is 39.2 Å². The second-order valence-electron chi connectivity index (χ2n) is 17.0. The lowest BCUT2D eigenvalue weighted by Crippen LogP contribution is -2.37. The molecule has 7 atom stereocenters. The highest BCUT2D eigenvalue weighted by Crippen LogP contribution is 2.39. The number of phosphoric ester groups is 1. The van der Waals surface area contributed by atoms with Crippen molar-refractivity contribution in [1.29, 1.82) is 0 Å². The van der Waals surface area contributed by atoms with Gasteiger partial charge in [0.15, 0.2) is 6.10 Å². The van der Waals surface area contributed by atoms with Gasteiger partial charge in [0, 0.05) is 43.9 Å². The molecule has 0 saturated heterocycles. The van der Waals surface area contributed by atoms with Crippen LogP contribution in [0.5, 0.6) is 0 Å². The second kappa shape index (κ2) is 33.1. The highest BCUT2D eigenvalue weighted by Gasteiger charge is 2.41. The van der Waals surface area contributed by atoms with Gasteiger partial charge in [0.2, 0.25) is 0 Å². The fourth-order valence-electron chi connectivity index (χ4n) is 6.66. The first-order valence-corrected chi connectivity index (χ1v) is 24.0. The number of ketones is 1. The van der Waals surface area contributed by atoms with Gasteiger partial charge in [0.05, 0.1) is 46.1 Å². The van der Waals surface area contributed by atoms with E-state index >= 15 is 0 Å². The fraction of sp³-hybridized carbons (Fsp3) is 0.761. The molecule has 0 aromatic heterocycles. The van der Waals surface area contributed by atoms with E-state index in [1.165, 1.54) is 19.3 Å². The van der Waals surface area contributed by atoms with E-state index < -0.39 is 69.2 Å². The van der Waals surface area contributed by atoms with Crippen LogP contribution in [-0.4, -0.2) is 109 Å². The molecule has 0 aromatic carbocycles. The normalized spacial score (nSPS) is 20.7. The predicted molar refractivity (Wildman–Crippen MR) is 234 cm³/mol. The summed E-state index contributed by atoms with van der Waals surface area (Å²) in [5, 5.41) is 31.4. The van der Waals surface area contributed by atoms with Crippen molar-refractivity contribution < 1.29 is 62.2 Å². The Morgan fingerprint density at radius 1 is 0.767 bits per heavy atom. The number of allylic oxidation sites excluding steroid dienone is 6. The van der Waals surface area contributed by atoms with Gasteiger partial charge in [-0.25, -0.2) is 0 Å². The monoisotopic (exact) mass is 870 g/mol. The Morgan fingerprint density at radius 3 is 2.00 bits per heavy atom. The number of esters is 2. The van der Waals surface area contributed by atoms with Crippen molar-refractivity contribution in [3.8, 4) is 0 Å². The number of Topliss-reactive ketones (excluding diaryl/α,β-unsaturated/α-hetero) is 1. The van der Waals surface area contributed by atoms with Gasteiger partial charge < -0.3 is 43.2 Å². The first-order chi connectivity index (χ1) is 28.6. The van der Waals surface area contributed by atoms with E-state index in [0.29, 0.717) is 36.7 Å². The molecule has 0 aliphatic heterocycles. The van der Waals surface area contributed by atoms with Gasteiger partial charge in [-0.15, -0.1) is 0 Å². The number of rotatable bonds is 36. The number of quaternary nitrogens is 1. The third-order valence-corrected chi connectivity index (χ3v) is 11.3. The molecule has 0 radical (unpaired) electrons. The van der Waals surface area contributed by atoms with Crippen molar-refractivity contribution in [2.24, 2.45) is 11.8 Å². The van der Waals surface area contributed by atoms with Gasteiger partial charge in [-0.3, -0.25) is 18.9 Å². The average molecular weight is 870 g/mol. The molecule has 346 valence electrons. The van der Waals surface area contributed by atoms with Gasteiger partial charge in [-0.1, -0.05) is 94.6 Å². The van der Waals surface area contributed by atoms with E-state index in [4.69, 9.17) is 18.5 Å². The Hall–Kier alpha value is -2.48. The standard InChI is InChI=1S/C46H80NO12P/c1-6-8-10-11-12-13-14-15-16-17-18-19-20-21-23-28-45(52)56-36-40(37-58-60(54,55)57-33-32-47(3,4)5)59-46(53)29-25-24-27-39(49)34-42-41(43(50)35-44(42)51)31-30-38(48)26-22-9-7-2/h12-13,15-16,18-19,30-31,38,40-44,48,50-51H,6-11,14,17,20-29,32-37H2,1-5H3/b13-12-,16-15-,19-18-,31-30+/t38-,40+,41+,42+,43+,44-/m0/s1. The van der Waals surface area contributed by atoms with Crippen molar-refractivity contribution in [2.75, 3.05) is 47.5 Å². The van der Waals surface area contributed by atoms with Crippen LogP contribution in [0.25, 0.3) is 0 Å². The van der Waals surface area contributed by atoms with E-state index in [1.54, 1.807) is 12.2 Å². The van der Waals surface area contributed by atoms with Crippen molar-refractivity contribution in [3.05, 3.63) is 48.6 Å². The number of hydrogen-bond donors (Lipinski definition) is 3. The molecule has 0 bridgehead atoms. The molecule has 1 saturated carbocycles. The first kappa shape index (κ1) is 55.5. The minimum atomic E-state index is -4.74. The zero-order valence-corrected chi connectivity index (χ0v) is 38.4. The largest absolute Gasteiger partial charge is 0.756 e. The number of phosphoric acid groups is 1. The summed E-state index contributed by atoms with van der Waals surface area (Å²) in [6, 6.07) is 0. The van der Waals surface area contributed by atoms with Crippen LogP contribution in [0.3, 0.4) is 0 Å². The van der Waals surface area contributed by atoms with Crippen molar-refractivity contribution in [3.63, 3.8) is 0 Å². The fourth-order valence-corrected chi connectivity index (χ4v) is 7.38. The molecule has 14 heteroatoms. The van der Waals surface area contributed by atoms with Gasteiger partial charge in [-0.05, 0) is 64.2 Å². The zero-order valence-electron chi connectivity index (χ0n) is 37.5. The molecule has 3 N–H and O–H groups in total. The third-order valence-electron chi connectivity index (χ3n) is 10.3. The lowest BCUT2D eigenvalue weighted by Gasteiger charge is -2.28. The van der Waals surface area contributed by atoms with Crippen LogP contribution in [0.4, 0.5) is 0 Å². The van der Waals surface area contributed by atoms with E-state index in [0.717, 1.165) is 51.4 Å². The van der Waals surface area contributed by atoms with Gasteiger partial charge >= 0.3 is 11.9 Å². The van der Waals surface area contributed by atoms with Crippen LogP contribution < -0.4 is 4.89 Å². The molecule has 60 heavy (non-hydrogen) atoms. The maximum atomic E-state index is 12.9. The molecule has 1 fully saturated rings. The minimum Gasteiger partial charge on any atom is -0.756 e. The number of nitrogens with zero attached hydrogens (tertiary/aromatic N) is 1. The molecule has 1 aliphatic carbocycles. The van der Waals surface area contributed by atoms with E-state index in [1.807, 2.05) is 21.1 Å². The van der Waals surface area contributed by atoms with Crippen LogP contribution in [-0.2, 0) is 37.5 Å². The molecule has 0 amide bonds. The third kappa shape index (κ3) is 29.7. The molecule has 1 rings (SSSR count). The smallest absolute Gasteiger partial charge is 0.306 e. The summed E-state index contributed by atoms with van der Waals surface area (Å²) in [5.74, 6) is -2.21. The second-order valence-corrected chi connectivity index (χ2v) is 18.4. The molecule has 0 heterocycles. The quantitative estimate of drug-likeness (QED) is 0.0184. The van der Waals surface area contributed by atoms with E-state index in [2.05, 4.69) is 50.3 Å². The zero-order chi connectivity index (χ0) is 44.7. The predicted octanol–water partition coefficient (Wildman–Crippen LogP) is 7.61. The van der Waals surface area contributed by atoms with Crippen LogP contribution in [0.1, 0.15) is 142 Å². The summed E-state index contributed by atoms with van der Waals surface area (Å²) in [6.07, 6.45) is 26.3. The number of unbranched alkanes of at least 4 members (excludes halogenated alkanes) is 8.